The van der Waals surface area contributed by atoms with Gasteiger partial charge >= 0.3 is 0 Å². The van der Waals surface area contributed by atoms with Gasteiger partial charge in [0.1, 0.15) is 6.07 Å². The standard InChI is InChI=1S/C12H12ClN3O/c13-10-4-3-9(6-8(10)7-14)16-12(17)11-2-1-5-15-11/h3-4,6,11,15H,1-2,5H2,(H,16,17). The lowest BCUT2D eigenvalue weighted by molar-refractivity contribution is -0.117. The van der Waals surface area contributed by atoms with Crippen molar-refractivity contribution in [1.29, 1.82) is 5.26 Å². The Bertz CT molecular complexity index is 475. The monoisotopic (exact) mass is 249 g/mol. The molecule has 88 valence electrons. The Labute approximate surface area is 105 Å². The molecular formula is C12H12ClN3O. The third kappa shape index (κ3) is 2.76. The highest BCUT2D eigenvalue weighted by molar-refractivity contribution is 6.31. The maximum Gasteiger partial charge on any atom is 0.241 e. The molecule has 1 unspecified atom stereocenters. The van der Waals surface area contributed by atoms with Gasteiger partial charge in [-0.15, -0.1) is 0 Å². The van der Waals surface area contributed by atoms with Gasteiger partial charge in [0.15, 0.2) is 0 Å². The van der Waals surface area contributed by atoms with E-state index in [1.54, 1.807) is 18.2 Å². The Morgan fingerprint density at radius 1 is 1.59 bits per heavy atom. The van der Waals surface area contributed by atoms with E-state index >= 15 is 0 Å². The molecule has 1 atom stereocenters. The Hall–Kier alpha value is -1.57. The highest BCUT2D eigenvalue weighted by Gasteiger charge is 2.21. The van der Waals surface area contributed by atoms with Crippen LogP contribution in [0.1, 0.15) is 18.4 Å². The maximum absolute atomic E-state index is 11.8. The summed E-state index contributed by atoms with van der Waals surface area (Å²) in [6.45, 7) is 0.877. The van der Waals surface area contributed by atoms with Gasteiger partial charge in [0, 0.05) is 5.69 Å². The molecule has 2 rings (SSSR count). The quantitative estimate of drug-likeness (QED) is 0.841. The van der Waals surface area contributed by atoms with Crippen LogP contribution in [0.25, 0.3) is 0 Å². The van der Waals surface area contributed by atoms with Gasteiger partial charge < -0.3 is 10.6 Å². The number of hydrogen-bond donors (Lipinski definition) is 2. The van der Waals surface area contributed by atoms with Crippen molar-refractivity contribution in [2.24, 2.45) is 0 Å². The molecule has 0 saturated carbocycles. The van der Waals surface area contributed by atoms with Crippen molar-refractivity contribution in [2.75, 3.05) is 11.9 Å². The molecule has 0 radical (unpaired) electrons. The summed E-state index contributed by atoms with van der Waals surface area (Å²) in [4.78, 5) is 11.8. The van der Waals surface area contributed by atoms with Crippen LogP contribution in [0.5, 0.6) is 0 Å². The minimum Gasteiger partial charge on any atom is -0.325 e. The SMILES string of the molecule is N#Cc1cc(NC(=O)C2CCCN2)ccc1Cl. The fourth-order valence-corrected chi connectivity index (χ4v) is 1.99. The molecule has 1 aliphatic heterocycles. The Morgan fingerprint density at radius 2 is 2.41 bits per heavy atom. The summed E-state index contributed by atoms with van der Waals surface area (Å²) < 4.78 is 0. The van der Waals surface area contributed by atoms with Crippen molar-refractivity contribution in [3.05, 3.63) is 28.8 Å². The number of nitriles is 1. The van der Waals surface area contributed by atoms with Gasteiger partial charge in [-0.1, -0.05) is 11.6 Å². The zero-order chi connectivity index (χ0) is 12.3. The van der Waals surface area contributed by atoms with Gasteiger partial charge in [-0.3, -0.25) is 4.79 Å². The molecule has 2 N–H and O–H groups in total. The van der Waals surface area contributed by atoms with Gasteiger partial charge in [-0.2, -0.15) is 5.26 Å². The summed E-state index contributed by atoms with van der Waals surface area (Å²) in [5.74, 6) is -0.0614. The van der Waals surface area contributed by atoms with Crippen LogP contribution in [0.3, 0.4) is 0 Å². The van der Waals surface area contributed by atoms with E-state index in [0.717, 1.165) is 19.4 Å². The Morgan fingerprint density at radius 3 is 3.06 bits per heavy atom. The molecule has 0 aliphatic carbocycles. The van der Waals surface area contributed by atoms with E-state index in [-0.39, 0.29) is 11.9 Å². The summed E-state index contributed by atoms with van der Waals surface area (Å²) in [6, 6.07) is 6.73. The second-order valence-corrected chi connectivity index (χ2v) is 4.35. The lowest BCUT2D eigenvalue weighted by atomic mass is 10.2. The van der Waals surface area contributed by atoms with Crippen molar-refractivity contribution < 1.29 is 4.79 Å². The predicted octanol–water partition coefficient (Wildman–Crippen LogP) is 1.90. The lowest BCUT2D eigenvalue weighted by Crippen LogP contribution is -2.35. The van der Waals surface area contributed by atoms with Crippen LogP contribution in [-0.4, -0.2) is 18.5 Å². The van der Waals surface area contributed by atoms with E-state index in [9.17, 15) is 4.79 Å². The average Bonchev–Trinajstić information content (AvgIpc) is 2.85. The number of anilines is 1. The van der Waals surface area contributed by atoms with Crippen LogP contribution < -0.4 is 10.6 Å². The Balaban J connectivity index is 2.08. The molecule has 1 saturated heterocycles. The molecule has 17 heavy (non-hydrogen) atoms. The third-order valence-electron chi connectivity index (χ3n) is 2.73. The number of halogens is 1. The molecule has 1 aromatic carbocycles. The first-order chi connectivity index (χ1) is 8.20. The normalized spacial score (nSPS) is 18.7. The first-order valence-corrected chi connectivity index (χ1v) is 5.82. The number of benzene rings is 1. The van der Waals surface area contributed by atoms with Gasteiger partial charge in [0.2, 0.25) is 5.91 Å². The van der Waals surface area contributed by atoms with Gasteiger partial charge in [-0.25, -0.2) is 0 Å². The molecule has 1 amide bonds. The summed E-state index contributed by atoms with van der Waals surface area (Å²) in [5.41, 5.74) is 0.966. The van der Waals surface area contributed by atoms with Crippen molar-refractivity contribution in [3.63, 3.8) is 0 Å². The number of hydrogen-bond acceptors (Lipinski definition) is 3. The highest BCUT2D eigenvalue weighted by atomic mass is 35.5. The lowest BCUT2D eigenvalue weighted by Gasteiger charge is -2.11. The molecule has 1 aromatic rings. The largest absolute Gasteiger partial charge is 0.325 e. The van der Waals surface area contributed by atoms with Gasteiger partial charge in [0.25, 0.3) is 0 Å². The Kier molecular flexibility index (Phi) is 3.62. The van der Waals surface area contributed by atoms with E-state index in [2.05, 4.69) is 10.6 Å². The molecule has 4 nitrogen and oxygen atoms in total. The van der Waals surface area contributed by atoms with Crippen molar-refractivity contribution in [2.45, 2.75) is 18.9 Å². The van der Waals surface area contributed by atoms with Gasteiger partial charge in [0.05, 0.1) is 16.6 Å². The van der Waals surface area contributed by atoms with Crippen LogP contribution in [0.15, 0.2) is 18.2 Å². The fraction of sp³-hybridized carbons (Fsp3) is 0.333. The summed E-state index contributed by atoms with van der Waals surface area (Å²) >= 11 is 5.81. The van der Waals surface area contributed by atoms with Crippen LogP contribution in [0.2, 0.25) is 5.02 Å². The van der Waals surface area contributed by atoms with E-state index < -0.39 is 0 Å². The van der Waals surface area contributed by atoms with E-state index in [1.807, 2.05) is 6.07 Å². The molecule has 5 heteroatoms. The molecular weight excluding hydrogens is 238 g/mol. The van der Waals surface area contributed by atoms with Gasteiger partial charge in [-0.05, 0) is 37.6 Å². The number of carbonyl (C=O) groups excluding carboxylic acids is 1. The number of amides is 1. The smallest absolute Gasteiger partial charge is 0.241 e. The zero-order valence-electron chi connectivity index (χ0n) is 9.16. The molecule has 0 aromatic heterocycles. The van der Waals surface area contributed by atoms with Crippen LogP contribution in [-0.2, 0) is 4.79 Å². The highest BCUT2D eigenvalue weighted by Crippen LogP contribution is 2.20. The fourth-order valence-electron chi connectivity index (χ4n) is 1.83. The second-order valence-electron chi connectivity index (χ2n) is 3.94. The third-order valence-corrected chi connectivity index (χ3v) is 3.06. The summed E-state index contributed by atoms with van der Waals surface area (Å²) in [7, 11) is 0. The minimum atomic E-state index is -0.129. The zero-order valence-corrected chi connectivity index (χ0v) is 9.92. The van der Waals surface area contributed by atoms with Crippen LogP contribution in [0, 0.1) is 11.3 Å². The predicted molar refractivity (Wildman–Crippen MR) is 65.8 cm³/mol. The maximum atomic E-state index is 11.8. The average molecular weight is 250 g/mol. The first-order valence-electron chi connectivity index (χ1n) is 5.44. The molecule has 1 fully saturated rings. The van der Waals surface area contributed by atoms with Crippen LogP contribution >= 0.6 is 11.6 Å². The minimum absolute atomic E-state index is 0.0614. The van der Waals surface area contributed by atoms with E-state index in [1.165, 1.54) is 0 Å². The second kappa shape index (κ2) is 5.17. The summed E-state index contributed by atoms with van der Waals surface area (Å²) in [6.07, 6.45) is 1.87. The number of nitrogens with zero attached hydrogens (tertiary/aromatic N) is 1. The van der Waals surface area contributed by atoms with Crippen molar-refractivity contribution in [1.82, 2.24) is 5.32 Å². The number of carbonyl (C=O) groups is 1. The molecule has 1 heterocycles. The molecule has 0 spiro atoms. The first kappa shape index (κ1) is 11.9. The summed E-state index contributed by atoms with van der Waals surface area (Å²) in [5, 5.41) is 15.1. The van der Waals surface area contributed by atoms with Crippen molar-refractivity contribution >= 4 is 23.2 Å². The topological polar surface area (TPSA) is 64.9 Å². The molecule has 0 bridgehead atoms. The van der Waals surface area contributed by atoms with E-state index in [0.29, 0.717) is 16.3 Å². The number of nitrogens with one attached hydrogen (secondary N) is 2. The number of rotatable bonds is 2. The van der Waals surface area contributed by atoms with E-state index in [4.69, 9.17) is 16.9 Å². The molecule has 1 aliphatic rings. The van der Waals surface area contributed by atoms with Crippen molar-refractivity contribution in [3.8, 4) is 6.07 Å². The van der Waals surface area contributed by atoms with Crippen LogP contribution in [0.4, 0.5) is 5.69 Å².